The van der Waals surface area contributed by atoms with Crippen LogP contribution in [0.15, 0.2) is 65.9 Å². The molecule has 3 nitrogen and oxygen atoms in total. The zero-order valence-corrected chi connectivity index (χ0v) is 14.4. The zero-order chi connectivity index (χ0) is 17.3. The monoisotopic (exact) mass is 338 g/mol. The van der Waals surface area contributed by atoms with E-state index in [0.29, 0.717) is 23.1 Å². The van der Waals surface area contributed by atoms with Crippen LogP contribution in [-0.2, 0) is 11.2 Å². The van der Waals surface area contributed by atoms with E-state index in [1.807, 2.05) is 37.3 Å². The van der Waals surface area contributed by atoms with Gasteiger partial charge in [0.15, 0.2) is 5.78 Å². The molecule has 3 rings (SSSR count). The van der Waals surface area contributed by atoms with Gasteiger partial charge in [-0.3, -0.25) is 9.59 Å². The standard InChI is InChI=1S/C20H18O3S/c1-13-18(22)20(2,24-19(13)23)12-14-8-10-16(11-9-14)17(21)15-6-4-3-5-7-15/h3-11,22H,12H2,1-2H3. The van der Waals surface area contributed by atoms with E-state index in [1.54, 1.807) is 31.2 Å². The molecule has 1 aliphatic rings. The van der Waals surface area contributed by atoms with E-state index >= 15 is 0 Å². The number of carbonyl (C=O) groups is 2. The Bertz CT molecular complexity index is 822. The fourth-order valence-corrected chi connectivity index (χ4v) is 4.01. The Morgan fingerprint density at radius 2 is 1.62 bits per heavy atom. The molecule has 0 bridgehead atoms. The third-order valence-electron chi connectivity index (χ3n) is 4.27. The van der Waals surface area contributed by atoms with Crippen LogP contribution in [0.3, 0.4) is 0 Å². The highest BCUT2D eigenvalue weighted by Gasteiger charge is 2.41. The van der Waals surface area contributed by atoms with Crippen LogP contribution < -0.4 is 0 Å². The number of hydrogen-bond donors (Lipinski definition) is 1. The predicted molar refractivity (Wildman–Crippen MR) is 96.4 cm³/mol. The van der Waals surface area contributed by atoms with Crippen molar-refractivity contribution in [3.05, 3.63) is 82.6 Å². The van der Waals surface area contributed by atoms with E-state index in [4.69, 9.17) is 0 Å². The van der Waals surface area contributed by atoms with Crippen LogP contribution in [0.1, 0.15) is 35.3 Å². The molecule has 0 amide bonds. The minimum absolute atomic E-state index is 0.0163. The smallest absolute Gasteiger partial charge is 0.219 e. The summed E-state index contributed by atoms with van der Waals surface area (Å²) in [6.07, 6.45) is 0.534. The van der Waals surface area contributed by atoms with E-state index in [1.165, 1.54) is 0 Å². The highest BCUT2D eigenvalue weighted by atomic mass is 32.2. The first-order chi connectivity index (χ1) is 11.4. The molecule has 0 fully saturated rings. The van der Waals surface area contributed by atoms with Gasteiger partial charge in [0.25, 0.3) is 0 Å². The van der Waals surface area contributed by atoms with Gasteiger partial charge in [-0.2, -0.15) is 0 Å². The molecule has 4 heteroatoms. The second-order valence-electron chi connectivity index (χ2n) is 6.16. The van der Waals surface area contributed by atoms with Gasteiger partial charge in [-0.1, -0.05) is 66.4 Å². The summed E-state index contributed by atoms with van der Waals surface area (Å²) in [4.78, 5) is 24.2. The van der Waals surface area contributed by atoms with E-state index in [2.05, 4.69) is 0 Å². The van der Waals surface area contributed by atoms with Crippen molar-refractivity contribution in [1.29, 1.82) is 0 Å². The third kappa shape index (κ3) is 3.02. The summed E-state index contributed by atoms with van der Waals surface area (Å²) in [7, 11) is 0. The Labute approximate surface area is 145 Å². The Morgan fingerprint density at radius 3 is 2.17 bits per heavy atom. The molecule has 1 N–H and O–H groups in total. The van der Waals surface area contributed by atoms with Crippen LogP contribution in [0.4, 0.5) is 0 Å². The maximum Gasteiger partial charge on any atom is 0.219 e. The number of benzene rings is 2. The Hall–Kier alpha value is -2.33. The van der Waals surface area contributed by atoms with Gasteiger partial charge in [0.1, 0.15) is 5.76 Å². The molecular weight excluding hydrogens is 320 g/mol. The van der Waals surface area contributed by atoms with E-state index in [-0.39, 0.29) is 16.7 Å². The fourth-order valence-electron chi connectivity index (χ4n) is 2.86. The average Bonchev–Trinajstić information content (AvgIpc) is 2.79. The summed E-state index contributed by atoms with van der Waals surface area (Å²) >= 11 is 1.16. The molecule has 0 spiro atoms. The number of ketones is 1. The average molecular weight is 338 g/mol. The summed E-state index contributed by atoms with van der Waals surface area (Å²) in [6.45, 7) is 3.52. The maximum atomic E-state index is 12.4. The van der Waals surface area contributed by atoms with Crippen LogP contribution in [0, 0.1) is 0 Å². The molecule has 122 valence electrons. The molecule has 1 unspecified atom stereocenters. The molecule has 0 saturated carbocycles. The normalized spacial score (nSPS) is 20.5. The summed E-state index contributed by atoms with van der Waals surface area (Å²) in [6, 6.07) is 16.5. The van der Waals surface area contributed by atoms with Crippen LogP contribution >= 0.6 is 11.8 Å². The Kier molecular flexibility index (Phi) is 4.33. The van der Waals surface area contributed by atoms with Crippen LogP contribution in [0.25, 0.3) is 0 Å². The summed E-state index contributed by atoms with van der Waals surface area (Å²) in [5.74, 6) is 0.138. The van der Waals surface area contributed by atoms with Crippen molar-refractivity contribution in [1.82, 2.24) is 0 Å². The second-order valence-corrected chi connectivity index (χ2v) is 7.64. The molecule has 0 aromatic heterocycles. The summed E-state index contributed by atoms with van der Waals surface area (Å²) in [5.41, 5.74) is 2.69. The molecule has 0 saturated heterocycles. The summed E-state index contributed by atoms with van der Waals surface area (Å²) < 4.78 is -0.633. The fraction of sp³-hybridized carbons (Fsp3) is 0.200. The molecule has 0 radical (unpaired) electrons. The lowest BCUT2D eigenvalue weighted by Crippen LogP contribution is -2.23. The van der Waals surface area contributed by atoms with Gasteiger partial charge in [0.05, 0.1) is 4.75 Å². The number of aliphatic hydroxyl groups is 1. The lowest BCUT2D eigenvalue weighted by atomic mass is 9.94. The van der Waals surface area contributed by atoms with E-state index in [0.717, 1.165) is 17.3 Å². The van der Waals surface area contributed by atoms with Crippen molar-refractivity contribution in [2.45, 2.75) is 25.0 Å². The molecule has 1 atom stereocenters. The molecule has 1 heterocycles. The number of aliphatic hydroxyl groups excluding tert-OH is 1. The largest absolute Gasteiger partial charge is 0.510 e. The molecule has 1 aliphatic heterocycles. The number of carbonyl (C=O) groups excluding carboxylic acids is 2. The van der Waals surface area contributed by atoms with Gasteiger partial charge >= 0.3 is 0 Å². The van der Waals surface area contributed by atoms with Gasteiger partial charge < -0.3 is 5.11 Å². The first kappa shape index (κ1) is 16.5. The van der Waals surface area contributed by atoms with Crippen molar-refractivity contribution in [3.63, 3.8) is 0 Å². The first-order valence-corrected chi connectivity index (χ1v) is 8.55. The van der Waals surface area contributed by atoms with Crippen molar-refractivity contribution in [2.24, 2.45) is 0 Å². The van der Waals surface area contributed by atoms with Gasteiger partial charge in [-0.05, 0) is 25.8 Å². The quantitative estimate of drug-likeness (QED) is 0.843. The van der Waals surface area contributed by atoms with E-state index < -0.39 is 4.75 Å². The Balaban J connectivity index is 1.79. The second kappa shape index (κ2) is 6.29. The number of thioether (sulfide) groups is 1. The van der Waals surface area contributed by atoms with Gasteiger partial charge in [0, 0.05) is 16.7 Å². The highest BCUT2D eigenvalue weighted by molar-refractivity contribution is 8.15. The van der Waals surface area contributed by atoms with Crippen LogP contribution in [0.5, 0.6) is 0 Å². The highest BCUT2D eigenvalue weighted by Crippen LogP contribution is 2.44. The van der Waals surface area contributed by atoms with Crippen LogP contribution in [0.2, 0.25) is 0 Å². The van der Waals surface area contributed by atoms with Gasteiger partial charge in [-0.15, -0.1) is 0 Å². The van der Waals surface area contributed by atoms with Crippen molar-refractivity contribution in [2.75, 3.05) is 0 Å². The Morgan fingerprint density at radius 1 is 1.04 bits per heavy atom. The first-order valence-electron chi connectivity index (χ1n) is 7.73. The third-order valence-corrected chi connectivity index (χ3v) is 5.55. The summed E-state index contributed by atoms with van der Waals surface area (Å²) in [5, 5.41) is 10.1. The lowest BCUT2D eigenvalue weighted by Gasteiger charge is -2.22. The molecule has 24 heavy (non-hydrogen) atoms. The molecule has 2 aromatic rings. The number of hydrogen-bond acceptors (Lipinski definition) is 4. The minimum atomic E-state index is -0.633. The van der Waals surface area contributed by atoms with Gasteiger partial charge in [-0.25, -0.2) is 0 Å². The molecule has 2 aromatic carbocycles. The van der Waals surface area contributed by atoms with Crippen molar-refractivity contribution < 1.29 is 14.7 Å². The lowest BCUT2D eigenvalue weighted by molar-refractivity contribution is -0.107. The van der Waals surface area contributed by atoms with Gasteiger partial charge in [0.2, 0.25) is 5.12 Å². The number of rotatable bonds is 4. The van der Waals surface area contributed by atoms with Crippen LogP contribution in [-0.4, -0.2) is 20.8 Å². The minimum Gasteiger partial charge on any atom is -0.510 e. The molecular formula is C20H18O3S. The predicted octanol–water partition coefficient (Wildman–Crippen LogP) is 4.32. The SMILES string of the molecule is CC1=C(O)C(C)(Cc2ccc(C(=O)c3ccccc3)cc2)SC1=O. The van der Waals surface area contributed by atoms with Crippen molar-refractivity contribution >= 4 is 22.7 Å². The maximum absolute atomic E-state index is 12.4. The molecule has 0 aliphatic carbocycles. The van der Waals surface area contributed by atoms with E-state index in [9.17, 15) is 14.7 Å². The topological polar surface area (TPSA) is 54.4 Å². The van der Waals surface area contributed by atoms with Crippen molar-refractivity contribution in [3.8, 4) is 0 Å². The zero-order valence-electron chi connectivity index (χ0n) is 13.6.